The molecule has 1 aliphatic heterocycles. The van der Waals surface area contributed by atoms with E-state index in [1.54, 1.807) is 30.5 Å². The molecule has 32 heavy (non-hydrogen) atoms. The fraction of sp³-hybridized carbons (Fsp3) is 0.333. The Labute approximate surface area is 212 Å². The summed E-state index contributed by atoms with van der Waals surface area (Å²) in [4.78, 5) is 30.6. The van der Waals surface area contributed by atoms with E-state index in [0.29, 0.717) is 43.0 Å². The quantitative estimate of drug-likeness (QED) is 0.450. The van der Waals surface area contributed by atoms with E-state index in [1.807, 2.05) is 6.92 Å². The third kappa shape index (κ3) is 5.11. The molecule has 2 aliphatic rings. The van der Waals surface area contributed by atoms with Crippen molar-refractivity contribution in [3.63, 3.8) is 0 Å². The van der Waals surface area contributed by atoms with Gasteiger partial charge in [0.2, 0.25) is 5.91 Å². The van der Waals surface area contributed by atoms with Gasteiger partial charge in [0.25, 0.3) is 5.91 Å². The topological polar surface area (TPSA) is 86.7 Å². The maximum Gasteiger partial charge on any atom is 0.253 e. The van der Waals surface area contributed by atoms with Gasteiger partial charge in [-0.05, 0) is 81.8 Å². The average Bonchev–Trinajstić information content (AvgIpc) is 3.52. The predicted molar refractivity (Wildman–Crippen MR) is 134 cm³/mol. The highest BCUT2D eigenvalue weighted by Crippen LogP contribution is 2.35. The van der Waals surface area contributed by atoms with Gasteiger partial charge in [0.1, 0.15) is 10.7 Å². The summed E-state index contributed by atoms with van der Waals surface area (Å²) < 4.78 is 1.09. The zero-order valence-corrected chi connectivity index (χ0v) is 21.6. The van der Waals surface area contributed by atoms with Crippen LogP contribution in [-0.2, 0) is 4.79 Å². The minimum atomic E-state index is -0.708. The molecule has 7 nitrogen and oxygen atoms in total. The Morgan fingerprint density at radius 2 is 2.00 bits per heavy atom. The Hall–Kier alpha value is -1.68. The Bertz CT molecular complexity index is 1110. The lowest BCUT2D eigenvalue weighted by Gasteiger charge is -2.23. The van der Waals surface area contributed by atoms with Crippen LogP contribution in [0, 0.1) is 5.92 Å². The van der Waals surface area contributed by atoms with Crippen molar-refractivity contribution in [3.05, 3.63) is 50.5 Å². The number of rotatable bonds is 6. The summed E-state index contributed by atoms with van der Waals surface area (Å²) in [5.74, 6) is 0.202. The standard InChI is InChI=1S/C21H19Br2Cl2N5O2/c1-10(11-4-5-11)27-20(31)13-7-12(24)8-14(22)18(13)28-21(32)16-9-17(23)29-30(16)19-15(25)3-2-6-26-19/h2-3,6-8,10-11,16H,4-5,9H2,1H3,(H,27,31)(H,28,32). The molecule has 2 aromatic rings. The van der Waals surface area contributed by atoms with Gasteiger partial charge in [-0.15, -0.1) is 0 Å². The van der Waals surface area contributed by atoms with E-state index in [4.69, 9.17) is 23.2 Å². The summed E-state index contributed by atoms with van der Waals surface area (Å²) in [5.41, 5.74) is 0.626. The third-order valence-electron chi connectivity index (χ3n) is 5.37. The molecule has 1 aromatic carbocycles. The van der Waals surface area contributed by atoms with Crippen molar-refractivity contribution in [2.45, 2.75) is 38.3 Å². The molecule has 1 aliphatic carbocycles. The lowest BCUT2D eigenvalue weighted by Crippen LogP contribution is -2.40. The van der Waals surface area contributed by atoms with Crippen molar-refractivity contribution in [2.75, 3.05) is 10.3 Å². The van der Waals surface area contributed by atoms with E-state index in [9.17, 15) is 9.59 Å². The Balaban J connectivity index is 1.60. The molecular formula is C21H19Br2Cl2N5O2. The van der Waals surface area contributed by atoms with Crippen LogP contribution in [0.1, 0.15) is 36.5 Å². The second-order valence-electron chi connectivity index (χ2n) is 7.75. The number of halogens is 4. The smallest absolute Gasteiger partial charge is 0.253 e. The van der Waals surface area contributed by atoms with Crippen molar-refractivity contribution in [2.24, 2.45) is 11.0 Å². The molecule has 4 rings (SSSR count). The van der Waals surface area contributed by atoms with Crippen LogP contribution in [0.2, 0.25) is 10.0 Å². The number of anilines is 2. The Kier molecular flexibility index (Phi) is 7.09. The zero-order valence-electron chi connectivity index (χ0n) is 16.9. The number of carbonyl (C=O) groups is 2. The highest BCUT2D eigenvalue weighted by atomic mass is 79.9. The van der Waals surface area contributed by atoms with Gasteiger partial charge in [-0.3, -0.25) is 9.59 Å². The molecule has 2 heterocycles. The molecule has 0 spiro atoms. The normalized spacial score (nSPS) is 18.8. The molecular weight excluding hydrogens is 585 g/mol. The second kappa shape index (κ2) is 9.67. The predicted octanol–water partition coefficient (Wildman–Crippen LogP) is 5.61. The molecule has 11 heteroatoms. The van der Waals surface area contributed by atoms with Crippen molar-refractivity contribution < 1.29 is 9.59 Å². The van der Waals surface area contributed by atoms with Crippen LogP contribution in [0.25, 0.3) is 0 Å². The van der Waals surface area contributed by atoms with Crippen molar-refractivity contribution >= 4 is 83.0 Å². The number of hydrazone groups is 1. The first-order valence-electron chi connectivity index (χ1n) is 9.98. The SMILES string of the molecule is CC(NC(=O)c1cc(Cl)cc(Br)c1NC(=O)C1CC(Br)=NN1c1ncccc1Cl)C1CC1. The zero-order chi connectivity index (χ0) is 23.0. The molecule has 0 saturated heterocycles. The van der Waals surface area contributed by atoms with Crippen molar-refractivity contribution in [1.82, 2.24) is 10.3 Å². The lowest BCUT2D eigenvalue weighted by atomic mass is 10.1. The molecule has 168 valence electrons. The Morgan fingerprint density at radius 1 is 1.25 bits per heavy atom. The number of nitrogens with one attached hydrogen (secondary N) is 2. The highest BCUT2D eigenvalue weighted by Gasteiger charge is 2.36. The number of nitrogens with zero attached hydrogens (tertiary/aromatic N) is 3. The number of hydrogen-bond donors (Lipinski definition) is 2. The van der Waals surface area contributed by atoms with E-state index < -0.39 is 6.04 Å². The average molecular weight is 604 g/mol. The van der Waals surface area contributed by atoms with E-state index >= 15 is 0 Å². The summed E-state index contributed by atoms with van der Waals surface area (Å²) in [5, 5.41) is 12.5. The van der Waals surface area contributed by atoms with Gasteiger partial charge in [-0.25, -0.2) is 9.99 Å². The summed E-state index contributed by atoms with van der Waals surface area (Å²) in [7, 11) is 0. The number of benzene rings is 1. The fourth-order valence-corrected chi connectivity index (χ4v) is 5.10. The Morgan fingerprint density at radius 3 is 2.69 bits per heavy atom. The number of hydrogen-bond acceptors (Lipinski definition) is 5. The molecule has 2 amide bonds. The molecule has 2 unspecified atom stereocenters. The van der Waals surface area contributed by atoms with Gasteiger partial charge in [0.05, 0.1) is 16.3 Å². The minimum absolute atomic E-state index is 0.0461. The van der Waals surface area contributed by atoms with Gasteiger partial charge < -0.3 is 10.6 Å². The molecule has 0 radical (unpaired) electrons. The van der Waals surface area contributed by atoms with E-state index in [2.05, 4.69) is 52.6 Å². The molecule has 2 atom stereocenters. The van der Waals surface area contributed by atoms with Crippen molar-refractivity contribution in [3.8, 4) is 0 Å². The van der Waals surface area contributed by atoms with Crippen LogP contribution in [0.4, 0.5) is 11.5 Å². The van der Waals surface area contributed by atoms with E-state index in [0.717, 1.165) is 12.8 Å². The number of carbonyl (C=O) groups excluding carboxylic acids is 2. The summed E-state index contributed by atoms with van der Waals surface area (Å²) >= 11 is 19.3. The van der Waals surface area contributed by atoms with Crippen LogP contribution in [0.5, 0.6) is 0 Å². The summed E-state index contributed by atoms with van der Waals surface area (Å²) in [6.07, 6.45) is 4.11. The number of aromatic nitrogens is 1. The van der Waals surface area contributed by atoms with Gasteiger partial charge in [-0.2, -0.15) is 5.10 Å². The third-order valence-corrected chi connectivity index (χ3v) is 6.99. The maximum atomic E-state index is 13.3. The van der Waals surface area contributed by atoms with Gasteiger partial charge in [-0.1, -0.05) is 23.2 Å². The summed E-state index contributed by atoms with van der Waals surface area (Å²) in [6, 6.07) is 5.90. The molecule has 1 fully saturated rings. The molecule has 2 N–H and O–H groups in total. The van der Waals surface area contributed by atoms with Crippen LogP contribution < -0.4 is 15.6 Å². The first-order valence-corrected chi connectivity index (χ1v) is 12.3. The van der Waals surface area contributed by atoms with Crippen LogP contribution in [-0.4, -0.2) is 33.5 Å². The molecule has 1 saturated carbocycles. The molecule has 0 bridgehead atoms. The maximum absolute atomic E-state index is 13.3. The lowest BCUT2D eigenvalue weighted by molar-refractivity contribution is -0.117. The van der Waals surface area contributed by atoms with Crippen LogP contribution in [0.3, 0.4) is 0 Å². The minimum Gasteiger partial charge on any atom is -0.349 e. The highest BCUT2D eigenvalue weighted by molar-refractivity contribution is 9.18. The number of amides is 2. The first-order chi connectivity index (χ1) is 15.2. The van der Waals surface area contributed by atoms with Crippen molar-refractivity contribution in [1.29, 1.82) is 0 Å². The van der Waals surface area contributed by atoms with Gasteiger partial charge in [0.15, 0.2) is 5.82 Å². The van der Waals surface area contributed by atoms with Gasteiger partial charge >= 0.3 is 0 Å². The number of pyridine rings is 1. The van der Waals surface area contributed by atoms with E-state index in [1.165, 1.54) is 5.01 Å². The van der Waals surface area contributed by atoms with Crippen LogP contribution >= 0.6 is 55.1 Å². The second-order valence-corrected chi connectivity index (χ2v) is 10.4. The van der Waals surface area contributed by atoms with Crippen LogP contribution in [0.15, 0.2) is 40.0 Å². The monoisotopic (exact) mass is 601 g/mol. The first kappa shape index (κ1) is 23.5. The summed E-state index contributed by atoms with van der Waals surface area (Å²) in [6.45, 7) is 1.98. The van der Waals surface area contributed by atoms with Gasteiger partial charge in [0, 0.05) is 28.2 Å². The molecule has 1 aromatic heterocycles. The fourth-order valence-electron chi connectivity index (χ4n) is 3.50. The largest absolute Gasteiger partial charge is 0.349 e. The van der Waals surface area contributed by atoms with E-state index in [-0.39, 0.29) is 23.4 Å².